The molecular weight excluding hydrogens is 288 g/mol. The summed E-state index contributed by atoms with van der Waals surface area (Å²) in [5.41, 5.74) is 2.05. The first-order valence-electron chi connectivity index (χ1n) is 6.90. The maximum absolute atomic E-state index is 12.2. The summed E-state index contributed by atoms with van der Waals surface area (Å²) in [6.07, 6.45) is 4.13. The van der Waals surface area contributed by atoms with Gasteiger partial charge in [0, 0.05) is 38.6 Å². The van der Waals surface area contributed by atoms with Gasteiger partial charge in [-0.3, -0.25) is 4.79 Å². The second-order valence-electron chi connectivity index (χ2n) is 4.92. The van der Waals surface area contributed by atoms with Crippen molar-refractivity contribution in [1.82, 2.24) is 20.0 Å². The summed E-state index contributed by atoms with van der Waals surface area (Å²) in [7, 11) is 0. The lowest BCUT2D eigenvalue weighted by molar-refractivity contribution is -0.131. The molecule has 2 heterocycles. The number of nitrogens with one attached hydrogen (secondary N) is 1. The van der Waals surface area contributed by atoms with E-state index < -0.39 is 0 Å². The fraction of sp³-hybridized carbons (Fsp3) is 0.333. The van der Waals surface area contributed by atoms with Crippen LogP contribution >= 0.6 is 12.4 Å². The Morgan fingerprint density at radius 2 is 1.90 bits per heavy atom. The monoisotopic (exact) mass is 306 g/mol. The van der Waals surface area contributed by atoms with E-state index in [9.17, 15) is 4.79 Å². The molecule has 6 heteroatoms. The molecule has 0 saturated carbocycles. The number of halogens is 1. The van der Waals surface area contributed by atoms with Crippen LogP contribution in [-0.2, 0) is 11.2 Å². The number of amides is 1. The molecule has 3 rings (SSSR count). The van der Waals surface area contributed by atoms with Gasteiger partial charge in [-0.1, -0.05) is 12.1 Å². The summed E-state index contributed by atoms with van der Waals surface area (Å²) in [4.78, 5) is 14.1. The second kappa shape index (κ2) is 7.24. The Kier molecular flexibility index (Phi) is 5.36. The van der Waals surface area contributed by atoms with Gasteiger partial charge in [-0.25, -0.2) is 4.68 Å². The summed E-state index contributed by atoms with van der Waals surface area (Å²) in [6.45, 7) is 3.41. The standard InChI is InChI=1S/C15H18N4O.ClH/c20-15(18-10-7-16-8-11-18)12-13-2-4-14(5-3-13)19-9-1-6-17-19;/h1-6,9,16H,7-8,10-12H2;1H. The smallest absolute Gasteiger partial charge is 0.227 e. The van der Waals surface area contributed by atoms with Crippen LogP contribution in [0.1, 0.15) is 5.56 Å². The van der Waals surface area contributed by atoms with Crippen LogP contribution in [0.25, 0.3) is 5.69 Å². The van der Waals surface area contributed by atoms with Gasteiger partial charge in [-0.2, -0.15) is 5.10 Å². The van der Waals surface area contributed by atoms with Crippen molar-refractivity contribution in [1.29, 1.82) is 0 Å². The van der Waals surface area contributed by atoms with Crippen molar-refractivity contribution in [3.63, 3.8) is 0 Å². The molecule has 0 spiro atoms. The van der Waals surface area contributed by atoms with Crippen molar-refractivity contribution in [3.05, 3.63) is 48.3 Å². The minimum atomic E-state index is 0. The largest absolute Gasteiger partial charge is 0.340 e. The first-order valence-corrected chi connectivity index (χ1v) is 6.90. The summed E-state index contributed by atoms with van der Waals surface area (Å²) in [5.74, 6) is 0.207. The lowest BCUT2D eigenvalue weighted by Gasteiger charge is -2.27. The Labute approximate surface area is 130 Å². The molecule has 2 aromatic rings. The van der Waals surface area contributed by atoms with Gasteiger partial charge in [-0.05, 0) is 23.8 Å². The maximum atomic E-state index is 12.2. The Morgan fingerprint density at radius 3 is 2.52 bits per heavy atom. The van der Waals surface area contributed by atoms with Gasteiger partial charge in [0.05, 0.1) is 12.1 Å². The van der Waals surface area contributed by atoms with Crippen LogP contribution in [0.4, 0.5) is 0 Å². The Hall–Kier alpha value is -1.85. The number of nitrogens with zero attached hydrogens (tertiary/aromatic N) is 3. The Bertz CT molecular complexity index is 562. The van der Waals surface area contributed by atoms with Gasteiger partial charge in [0.25, 0.3) is 0 Å². The molecule has 112 valence electrons. The van der Waals surface area contributed by atoms with E-state index in [1.165, 1.54) is 0 Å². The molecule has 1 fully saturated rings. The van der Waals surface area contributed by atoms with Crippen LogP contribution in [0.2, 0.25) is 0 Å². The highest BCUT2D eigenvalue weighted by Crippen LogP contribution is 2.10. The molecule has 0 radical (unpaired) electrons. The van der Waals surface area contributed by atoms with E-state index in [0.29, 0.717) is 6.42 Å². The van der Waals surface area contributed by atoms with E-state index in [1.54, 1.807) is 6.20 Å². The number of aromatic nitrogens is 2. The highest BCUT2D eigenvalue weighted by molar-refractivity contribution is 5.85. The third-order valence-electron chi connectivity index (χ3n) is 3.53. The topological polar surface area (TPSA) is 50.2 Å². The van der Waals surface area contributed by atoms with Crippen LogP contribution < -0.4 is 5.32 Å². The number of hydrogen-bond donors (Lipinski definition) is 1. The molecular formula is C15H19ClN4O. The Morgan fingerprint density at radius 1 is 1.19 bits per heavy atom. The zero-order chi connectivity index (χ0) is 13.8. The lowest BCUT2D eigenvalue weighted by atomic mass is 10.1. The number of carbonyl (C=O) groups excluding carboxylic acids is 1. The van der Waals surface area contributed by atoms with Crippen molar-refractivity contribution < 1.29 is 4.79 Å². The normalized spacial score (nSPS) is 14.6. The SMILES string of the molecule is Cl.O=C(Cc1ccc(-n2cccn2)cc1)N1CCNCC1. The van der Waals surface area contributed by atoms with Crippen molar-refractivity contribution in [3.8, 4) is 5.69 Å². The molecule has 1 aliphatic heterocycles. The van der Waals surface area contributed by atoms with E-state index in [2.05, 4.69) is 10.4 Å². The summed E-state index contributed by atoms with van der Waals surface area (Å²) < 4.78 is 1.81. The predicted octanol–water partition coefficient (Wildman–Crippen LogP) is 1.27. The molecule has 1 saturated heterocycles. The van der Waals surface area contributed by atoms with Gasteiger partial charge in [-0.15, -0.1) is 12.4 Å². The molecule has 1 aromatic heterocycles. The summed E-state index contributed by atoms with van der Waals surface area (Å²) >= 11 is 0. The minimum Gasteiger partial charge on any atom is -0.340 e. The summed E-state index contributed by atoms with van der Waals surface area (Å²) in [6, 6.07) is 9.87. The molecule has 1 aromatic carbocycles. The van der Waals surface area contributed by atoms with Crippen LogP contribution in [0.5, 0.6) is 0 Å². The van der Waals surface area contributed by atoms with E-state index in [0.717, 1.165) is 37.4 Å². The molecule has 0 aliphatic carbocycles. The van der Waals surface area contributed by atoms with Gasteiger partial charge >= 0.3 is 0 Å². The van der Waals surface area contributed by atoms with Crippen molar-refractivity contribution in [2.75, 3.05) is 26.2 Å². The van der Waals surface area contributed by atoms with Gasteiger partial charge in [0.2, 0.25) is 5.91 Å². The molecule has 0 atom stereocenters. The van der Waals surface area contributed by atoms with Crippen molar-refractivity contribution in [2.24, 2.45) is 0 Å². The average molecular weight is 307 g/mol. The molecule has 1 N–H and O–H groups in total. The van der Waals surface area contributed by atoms with E-state index >= 15 is 0 Å². The summed E-state index contributed by atoms with van der Waals surface area (Å²) in [5, 5.41) is 7.44. The zero-order valence-corrected chi connectivity index (χ0v) is 12.6. The van der Waals surface area contributed by atoms with Gasteiger partial charge in [0.15, 0.2) is 0 Å². The van der Waals surface area contributed by atoms with Crippen molar-refractivity contribution >= 4 is 18.3 Å². The fourth-order valence-electron chi connectivity index (χ4n) is 2.39. The Balaban J connectivity index is 0.00000161. The van der Waals surface area contributed by atoms with Crippen LogP contribution in [0.15, 0.2) is 42.7 Å². The number of carbonyl (C=O) groups is 1. The molecule has 1 amide bonds. The molecule has 21 heavy (non-hydrogen) atoms. The van der Waals surface area contributed by atoms with Crippen LogP contribution in [-0.4, -0.2) is 46.8 Å². The molecule has 5 nitrogen and oxygen atoms in total. The highest BCUT2D eigenvalue weighted by Gasteiger charge is 2.16. The first-order chi connectivity index (χ1) is 9.83. The van der Waals surface area contributed by atoms with E-state index in [1.807, 2.05) is 46.1 Å². The van der Waals surface area contributed by atoms with Crippen molar-refractivity contribution in [2.45, 2.75) is 6.42 Å². The number of hydrogen-bond acceptors (Lipinski definition) is 3. The van der Waals surface area contributed by atoms with Gasteiger partial charge < -0.3 is 10.2 Å². The number of rotatable bonds is 3. The fourth-order valence-corrected chi connectivity index (χ4v) is 2.39. The predicted molar refractivity (Wildman–Crippen MR) is 84.0 cm³/mol. The number of piperazine rings is 1. The first kappa shape index (κ1) is 15.5. The maximum Gasteiger partial charge on any atom is 0.227 e. The molecule has 0 unspecified atom stereocenters. The quantitative estimate of drug-likeness (QED) is 0.929. The van der Waals surface area contributed by atoms with Crippen LogP contribution in [0.3, 0.4) is 0 Å². The average Bonchev–Trinajstić information content (AvgIpc) is 3.03. The third-order valence-corrected chi connectivity index (χ3v) is 3.53. The second-order valence-corrected chi connectivity index (χ2v) is 4.92. The van der Waals surface area contributed by atoms with E-state index in [-0.39, 0.29) is 18.3 Å². The minimum absolute atomic E-state index is 0. The lowest BCUT2D eigenvalue weighted by Crippen LogP contribution is -2.46. The van der Waals surface area contributed by atoms with Crippen LogP contribution in [0, 0.1) is 0 Å². The number of benzene rings is 1. The van der Waals surface area contributed by atoms with Gasteiger partial charge in [0.1, 0.15) is 0 Å². The highest BCUT2D eigenvalue weighted by atomic mass is 35.5. The molecule has 1 aliphatic rings. The van der Waals surface area contributed by atoms with E-state index in [4.69, 9.17) is 0 Å². The third kappa shape index (κ3) is 3.83. The zero-order valence-electron chi connectivity index (χ0n) is 11.7. The molecule has 0 bridgehead atoms.